The van der Waals surface area contributed by atoms with Crippen molar-refractivity contribution < 1.29 is 22.7 Å². The molecule has 9 heteroatoms. The van der Waals surface area contributed by atoms with Gasteiger partial charge in [-0.1, -0.05) is 29.8 Å². The van der Waals surface area contributed by atoms with Crippen LogP contribution in [0.2, 0.25) is 5.02 Å². The van der Waals surface area contributed by atoms with E-state index < -0.39 is 10.0 Å². The van der Waals surface area contributed by atoms with Crippen molar-refractivity contribution in [3.63, 3.8) is 0 Å². The Morgan fingerprint density at radius 2 is 1.85 bits per heavy atom. The summed E-state index contributed by atoms with van der Waals surface area (Å²) < 4.78 is 39.3. The maximum absolute atomic E-state index is 13.3. The summed E-state index contributed by atoms with van der Waals surface area (Å²) in [5.41, 5.74) is 1.33. The first-order valence-corrected chi connectivity index (χ1v) is 12.8. The van der Waals surface area contributed by atoms with Gasteiger partial charge >= 0.3 is 0 Å². The number of aryl methyl sites for hydroxylation is 1. The highest BCUT2D eigenvalue weighted by Crippen LogP contribution is 2.28. The number of carbonyl (C=O) groups excluding carboxylic acids is 1. The number of rotatable bonds is 8. The summed E-state index contributed by atoms with van der Waals surface area (Å²) in [6.07, 6.45) is 0.194. The summed E-state index contributed by atoms with van der Waals surface area (Å²) in [6.45, 7) is 7.05. The van der Waals surface area contributed by atoms with E-state index in [1.165, 1.54) is 16.4 Å². The van der Waals surface area contributed by atoms with Gasteiger partial charge in [0.1, 0.15) is 10.6 Å². The second-order valence-corrected chi connectivity index (χ2v) is 10.7. The first-order chi connectivity index (χ1) is 15.6. The minimum atomic E-state index is -3.87. The molecule has 2 atom stereocenters. The van der Waals surface area contributed by atoms with E-state index in [1.54, 1.807) is 18.0 Å². The highest BCUT2D eigenvalue weighted by molar-refractivity contribution is 7.89. The van der Waals surface area contributed by atoms with Crippen LogP contribution in [0.4, 0.5) is 0 Å². The van der Waals surface area contributed by atoms with E-state index in [1.807, 2.05) is 45.0 Å². The van der Waals surface area contributed by atoms with Crippen LogP contribution in [-0.2, 0) is 14.8 Å². The predicted molar refractivity (Wildman–Crippen MR) is 128 cm³/mol. The van der Waals surface area contributed by atoms with Crippen LogP contribution in [0.15, 0.2) is 47.4 Å². The summed E-state index contributed by atoms with van der Waals surface area (Å²) in [4.78, 5) is 14.4. The Bertz CT molecular complexity index is 1080. The molecule has 7 nitrogen and oxygen atoms in total. The zero-order chi connectivity index (χ0) is 24.2. The van der Waals surface area contributed by atoms with Crippen molar-refractivity contribution in [2.75, 3.05) is 33.3 Å². The molecule has 180 valence electrons. The van der Waals surface area contributed by atoms with Crippen LogP contribution >= 0.6 is 11.6 Å². The molecule has 2 aromatic carbocycles. The zero-order valence-electron chi connectivity index (χ0n) is 19.5. The van der Waals surface area contributed by atoms with Crippen molar-refractivity contribution in [3.8, 4) is 5.75 Å². The van der Waals surface area contributed by atoms with Gasteiger partial charge in [0.05, 0.1) is 23.8 Å². The van der Waals surface area contributed by atoms with Gasteiger partial charge in [-0.15, -0.1) is 0 Å². The first kappa shape index (κ1) is 25.5. The van der Waals surface area contributed by atoms with Crippen molar-refractivity contribution >= 4 is 27.5 Å². The molecule has 1 heterocycles. The molecule has 1 fully saturated rings. The van der Waals surface area contributed by atoms with Crippen LogP contribution in [-0.4, -0.2) is 69.0 Å². The lowest BCUT2D eigenvalue weighted by atomic mass is 10.2. The van der Waals surface area contributed by atoms with Gasteiger partial charge in [0, 0.05) is 32.2 Å². The molecular formula is C24H31ClN2O5S. The van der Waals surface area contributed by atoms with Gasteiger partial charge in [0.2, 0.25) is 10.0 Å². The van der Waals surface area contributed by atoms with Crippen molar-refractivity contribution in [2.45, 2.75) is 44.3 Å². The standard InChI is InChI=1S/C24H31ClN2O5S/c1-17-8-5-6-9-22(17)31-13-7-12-26(4)24(28)20-10-11-21(25)23(14-20)33(29,30)27-15-18(2)32-19(3)16-27/h5-6,8-11,14,18-19H,7,12-13,15-16H2,1-4H3. The summed E-state index contributed by atoms with van der Waals surface area (Å²) in [7, 11) is -2.18. The number of para-hydroxylation sites is 1. The van der Waals surface area contributed by atoms with Crippen LogP contribution in [0.1, 0.15) is 36.2 Å². The predicted octanol–water partition coefficient (Wildman–Crippen LogP) is 3.99. The third-order valence-corrected chi connectivity index (χ3v) is 7.83. The molecule has 33 heavy (non-hydrogen) atoms. The lowest BCUT2D eigenvalue weighted by Gasteiger charge is -2.34. The smallest absolute Gasteiger partial charge is 0.253 e. The summed E-state index contributed by atoms with van der Waals surface area (Å²) in [5, 5.41) is 0.0904. The molecule has 0 spiro atoms. The summed E-state index contributed by atoms with van der Waals surface area (Å²) in [6, 6.07) is 12.1. The minimum absolute atomic E-state index is 0.0624. The molecular weight excluding hydrogens is 464 g/mol. The van der Waals surface area contributed by atoms with Crippen molar-refractivity contribution in [3.05, 3.63) is 58.6 Å². The zero-order valence-corrected chi connectivity index (χ0v) is 21.0. The monoisotopic (exact) mass is 494 g/mol. The Morgan fingerprint density at radius 1 is 1.18 bits per heavy atom. The van der Waals surface area contributed by atoms with Gasteiger partial charge in [-0.05, 0) is 57.0 Å². The van der Waals surface area contributed by atoms with E-state index >= 15 is 0 Å². The van der Waals surface area contributed by atoms with Crippen molar-refractivity contribution in [1.29, 1.82) is 0 Å². The van der Waals surface area contributed by atoms with Crippen LogP contribution in [0.3, 0.4) is 0 Å². The molecule has 1 aliphatic rings. The van der Waals surface area contributed by atoms with Crippen LogP contribution in [0.5, 0.6) is 5.75 Å². The number of carbonyl (C=O) groups is 1. The van der Waals surface area contributed by atoms with E-state index in [0.717, 1.165) is 11.3 Å². The largest absolute Gasteiger partial charge is 0.493 e. The average Bonchev–Trinajstić information content (AvgIpc) is 2.76. The second kappa shape index (κ2) is 10.9. The summed E-state index contributed by atoms with van der Waals surface area (Å²) >= 11 is 6.25. The normalized spacial score (nSPS) is 19.3. The molecule has 3 rings (SSSR count). The number of morpholine rings is 1. The van der Waals surface area contributed by atoms with E-state index in [2.05, 4.69) is 0 Å². The molecule has 0 N–H and O–H groups in total. The molecule has 0 radical (unpaired) electrons. The van der Waals surface area contributed by atoms with Gasteiger partial charge < -0.3 is 14.4 Å². The van der Waals surface area contributed by atoms with E-state index in [9.17, 15) is 13.2 Å². The fourth-order valence-corrected chi connectivity index (χ4v) is 5.92. The third kappa shape index (κ3) is 6.26. The van der Waals surface area contributed by atoms with E-state index in [4.69, 9.17) is 21.1 Å². The van der Waals surface area contributed by atoms with Gasteiger partial charge in [-0.25, -0.2) is 8.42 Å². The Labute approximate surface area is 201 Å². The number of amides is 1. The van der Waals surface area contributed by atoms with Gasteiger partial charge in [0.15, 0.2) is 0 Å². The van der Waals surface area contributed by atoms with Gasteiger partial charge in [-0.2, -0.15) is 4.31 Å². The molecule has 0 saturated carbocycles. The fourth-order valence-electron chi connectivity index (χ4n) is 3.82. The fraction of sp³-hybridized carbons (Fsp3) is 0.458. The van der Waals surface area contributed by atoms with Crippen LogP contribution in [0, 0.1) is 6.92 Å². The molecule has 0 aliphatic carbocycles. The number of sulfonamides is 1. The quantitative estimate of drug-likeness (QED) is 0.519. The maximum atomic E-state index is 13.3. The SMILES string of the molecule is Cc1ccccc1OCCCN(C)C(=O)c1ccc(Cl)c(S(=O)(=O)N2CC(C)OC(C)C2)c1. The highest BCUT2D eigenvalue weighted by atomic mass is 35.5. The molecule has 1 aliphatic heterocycles. The number of ether oxygens (including phenoxy) is 2. The average molecular weight is 495 g/mol. The molecule has 2 unspecified atom stereocenters. The Morgan fingerprint density at radius 3 is 2.52 bits per heavy atom. The van der Waals surface area contributed by atoms with Gasteiger partial charge in [-0.3, -0.25) is 4.79 Å². The molecule has 1 saturated heterocycles. The van der Waals surface area contributed by atoms with Crippen LogP contribution < -0.4 is 4.74 Å². The number of nitrogens with zero attached hydrogens (tertiary/aromatic N) is 2. The summed E-state index contributed by atoms with van der Waals surface area (Å²) in [5.74, 6) is 0.550. The number of hydrogen-bond acceptors (Lipinski definition) is 5. The van der Waals surface area contributed by atoms with Crippen molar-refractivity contribution in [1.82, 2.24) is 9.21 Å². The van der Waals surface area contributed by atoms with Gasteiger partial charge in [0.25, 0.3) is 5.91 Å². The second-order valence-electron chi connectivity index (χ2n) is 8.42. The Kier molecular flexibility index (Phi) is 8.39. The lowest BCUT2D eigenvalue weighted by molar-refractivity contribution is -0.0440. The number of halogens is 1. The topological polar surface area (TPSA) is 76.2 Å². The molecule has 2 aromatic rings. The highest BCUT2D eigenvalue weighted by Gasteiger charge is 2.34. The third-order valence-electron chi connectivity index (χ3n) is 5.52. The van der Waals surface area contributed by atoms with Crippen molar-refractivity contribution in [2.24, 2.45) is 0 Å². The Balaban J connectivity index is 1.66. The maximum Gasteiger partial charge on any atom is 0.253 e. The van der Waals surface area contributed by atoms with Crippen LogP contribution in [0.25, 0.3) is 0 Å². The van der Waals surface area contributed by atoms with E-state index in [-0.39, 0.29) is 46.7 Å². The molecule has 1 amide bonds. The minimum Gasteiger partial charge on any atom is -0.493 e. The molecule has 0 aromatic heterocycles. The molecule has 0 bridgehead atoms. The number of hydrogen-bond donors (Lipinski definition) is 0. The van der Waals surface area contributed by atoms with E-state index in [0.29, 0.717) is 19.6 Å². The Hall–Kier alpha value is -2.13. The lowest BCUT2D eigenvalue weighted by Crippen LogP contribution is -2.48. The number of benzene rings is 2. The first-order valence-electron chi connectivity index (χ1n) is 11.0.